The zero-order valence-electron chi connectivity index (χ0n) is 17.7. The summed E-state index contributed by atoms with van der Waals surface area (Å²) < 4.78 is 87.9. The number of allylic oxidation sites excluding steroid dienone is 2. The van der Waals surface area contributed by atoms with Crippen LogP contribution in [0.2, 0.25) is 0 Å². The first-order valence-corrected chi connectivity index (χ1v) is 10.6. The summed E-state index contributed by atoms with van der Waals surface area (Å²) in [5, 5.41) is 0. The summed E-state index contributed by atoms with van der Waals surface area (Å²) in [6.07, 6.45) is 2.76. The van der Waals surface area contributed by atoms with Crippen molar-refractivity contribution < 1.29 is 36.2 Å². The Hall–Kier alpha value is -1.93. The van der Waals surface area contributed by atoms with E-state index in [0.29, 0.717) is 19.3 Å². The molecule has 0 aromatic heterocycles. The molecule has 1 aromatic rings. The average molecular weight is 446 g/mol. The van der Waals surface area contributed by atoms with E-state index in [0.717, 1.165) is 17.7 Å². The Morgan fingerprint density at radius 1 is 1.13 bits per heavy atom. The largest absolute Gasteiger partial charge is 0.491 e. The zero-order valence-corrected chi connectivity index (χ0v) is 17.7. The summed E-state index contributed by atoms with van der Waals surface area (Å²) in [4.78, 5) is 0. The molecule has 3 rings (SSSR count). The number of benzene rings is 1. The minimum absolute atomic E-state index is 0.0717. The van der Waals surface area contributed by atoms with Crippen LogP contribution in [0.3, 0.4) is 0 Å². The zero-order chi connectivity index (χ0) is 22.6. The van der Waals surface area contributed by atoms with Crippen LogP contribution >= 0.6 is 0 Å². The monoisotopic (exact) mass is 446 g/mol. The standard InChI is InChI=1S/C23H27F5O3/c1-3-11-23(28)12-30-22(31-13-23)15-7-5-14(6-8-15)18(24)19(25)16-9-10-17(29-4-2)21(27)20(16)26/h7,9-10,14,22H,3-6,8,11-13H2,1-2H3. The van der Waals surface area contributed by atoms with Gasteiger partial charge in [0.05, 0.1) is 25.4 Å². The number of hydrogen-bond acceptors (Lipinski definition) is 3. The van der Waals surface area contributed by atoms with Crippen molar-refractivity contribution in [3.05, 3.63) is 46.8 Å². The first kappa shape index (κ1) is 23.7. The lowest BCUT2D eigenvalue weighted by atomic mass is 9.87. The highest BCUT2D eigenvalue weighted by molar-refractivity contribution is 5.63. The fourth-order valence-electron chi connectivity index (χ4n) is 3.92. The molecule has 0 spiro atoms. The summed E-state index contributed by atoms with van der Waals surface area (Å²) >= 11 is 0. The van der Waals surface area contributed by atoms with Gasteiger partial charge in [-0.1, -0.05) is 19.4 Å². The Kier molecular flexibility index (Phi) is 7.75. The van der Waals surface area contributed by atoms with Gasteiger partial charge >= 0.3 is 0 Å². The van der Waals surface area contributed by atoms with Crippen molar-refractivity contribution in [2.45, 2.75) is 57.9 Å². The molecular formula is C23H27F5O3. The van der Waals surface area contributed by atoms with Crippen molar-refractivity contribution in [3.8, 4) is 5.75 Å². The van der Waals surface area contributed by atoms with Gasteiger partial charge in [-0.3, -0.25) is 0 Å². The van der Waals surface area contributed by atoms with Gasteiger partial charge in [-0.15, -0.1) is 0 Å². The Bertz CT molecular complexity index is 844. The first-order chi connectivity index (χ1) is 14.8. The maximum Gasteiger partial charge on any atom is 0.201 e. The molecule has 8 heteroatoms. The van der Waals surface area contributed by atoms with Crippen LogP contribution < -0.4 is 4.74 Å². The smallest absolute Gasteiger partial charge is 0.201 e. The van der Waals surface area contributed by atoms with Gasteiger partial charge in [-0.05, 0) is 50.3 Å². The van der Waals surface area contributed by atoms with Crippen molar-refractivity contribution in [2.24, 2.45) is 5.92 Å². The maximum absolute atomic E-state index is 14.7. The van der Waals surface area contributed by atoms with E-state index in [-0.39, 0.29) is 38.4 Å². The molecule has 1 aromatic carbocycles. The molecule has 2 aliphatic rings. The Morgan fingerprint density at radius 2 is 1.84 bits per heavy atom. The first-order valence-electron chi connectivity index (χ1n) is 10.6. The summed E-state index contributed by atoms with van der Waals surface area (Å²) in [7, 11) is 0. The molecule has 0 radical (unpaired) electrons. The SMILES string of the molecule is CCCC1(F)COC(C2=CCC(C(F)=C(F)c3ccc(OCC)c(F)c3F)CC2)OC1. The number of ether oxygens (including phenoxy) is 3. The van der Waals surface area contributed by atoms with Gasteiger partial charge in [0.25, 0.3) is 0 Å². The van der Waals surface area contributed by atoms with Crippen LogP contribution in [0.4, 0.5) is 22.0 Å². The second-order valence-electron chi connectivity index (χ2n) is 7.94. The highest BCUT2D eigenvalue weighted by atomic mass is 19.2. The average Bonchev–Trinajstić information content (AvgIpc) is 2.77. The van der Waals surface area contributed by atoms with Crippen LogP contribution in [0.15, 0.2) is 29.6 Å². The summed E-state index contributed by atoms with van der Waals surface area (Å²) in [6.45, 7) is 3.44. The normalized spacial score (nSPS) is 27.5. The van der Waals surface area contributed by atoms with Gasteiger partial charge in [0.2, 0.25) is 5.82 Å². The molecule has 0 saturated carbocycles. The molecule has 3 nitrogen and oxygen atoms in total. The Morgan fingerprint density at radius 3 is 2.42 bits per heavy atom. The topological polar surface area (TPSA) is 27.7 Å². The highest BCUT2D eigenvalue weighted by Crippen LogP contribution is 2.39. The minimum Gasteiger partial charge on any atom is -0.491 e. The molecule has 1 unspecified atom stereocenters. The summed E-state index contributed by atoms with van der Waals surface area (Å²) in [6, 6.07) is 2.04. The number of halogens is 5. The number of hydrogen-bond donors (Lipinski definition) is 0. The van der Waals surface area contributed by atoms with E-state index in [1.807, 2.05) is 6.92 Å². The second kappa shape index (κ2) is 10.1. The summed E-state index contributed by atoms with van der Waals surface area (Å²) in [5.41, 5.74) is -1.53. The van der Waals surface area contributed by atoms with E-state index in [9.17, 15) is 22.0 Å². The third-order valence-corrected chi connectivity index (χ3v) is 5.58. The fourth-order valence-corrected chi connectivity index (χ4v) is 3.92. The molecule has 172 valence electrons. The lowest BCUT2D eigenvalue weighted by Crippen LogP contribution is -2.44. The molecular weight excluding hydrogens is 419 g/mol. The molecule has 1 aliphatic carbocycles. The van der Waals surface area contributed by atoms with Gasteiger partial charge in [0.1, 0.15) is 5.83 Å². The molecule has 1 fully saturated rings. The lowest BCUT2D eigenvalue weighted by Gasteiger charge is -2.36. The predicted octanol–water partition coefficient (Wildman–Crippen LogP) is 6.58. The highest BCUT2D eigenvalue weighted by Gasteiger charge is 2.38. The van der Waals surface area contributed by atoms with Gasteiger partial charge < -0.3 is 14.2 Å². The van der Waals surface area contributed by atoms with Crippen molar-refractivity contribution >= 4 is 5.83 Å². The maximum atomic E-state index is 14.7. The molecule has 0 N–H and O–H groups in total. The van der Waals surface area contributed by atoms with Crippen LogP contribution in [0.5, 0.6) is 5.75 Å². The van der Waals surface area contributed by atoms with E-state index in [1.165, 1.54) is 0 Å². The fraction of sp³-hybridized carbons (Fsp3) is 0.565. The van der Waals surface area contributed by atoms with E-state index < -0.39 is 46.7 Å². The molecule has 1 saturated heterocycles. The van der Waals surface area contributed by atoms with Gasteiger partial charge in [-0.2, -0.15) is 4.39 Å². The van der Waals surface area contributed by atoms with Crippen molar-refractivity contribution in [1.82, 2.24) is 0 Å². The van der Waals surface area contributed by atoms with E-state index in [1.54, 1.807) is 13.0 Å². The Balaban J connectivity index is 1.68. The van der Waals surface area contributed by atoms with Crippen LogP contribution in [0.1, 0.15) is 51.5 Å². The lowest BCUT2D eigenvalue weighted by molar-refractivity contribution is -0.219. The molecule has 1 heterocycles. The van der Waals surface area contributed by atoms with Crippen LogP contribution in [-0.2, 0) is 9.47 Å². The van der Waals surface area contributed by atoms with Crippen LogP contribution in [0.25, 0.3) is 5.83 Å². The molecule has 1 aliphatic heterocycles. The molecule has 0 bridgehead atoms. The van der Waals surface area contributed by atoms with Gasteiger partial charge in [0, 0.05) is 5.92 Å². The third kappa shape index (κ3) is 5.29. The molecule has 1 atom stereocenters. The minimum atomic E-state index is -1.50. The Labute approximate surface area is 178 Å². The number of alkyl halides is 1. The second-order valence-corrected chi connectivity index (χ2v) is 7.94. The third-order valence-electron chi connectivity index (χ3n) is 5.58. The van der Waals surface area contributed by atoms with Crippen molar-refractivity contribution in [1.29, 1.82) is 0 Å². The van der Waals surface area contributed by atoms with E-state index in [4.69, 9.17) is 14.2 Å². The van der Waals surface area contributed by atoms with Gasteiger partial charge in [0.15, 0.2) is 29.4 Å². The van der Waals surface area contributed by atoms with E-state index in [2.05, 4.69) is 0 Å². The van der Waals surface area contributed by atoms with Gasteiger partial charge in [-0.25, -0.2) is 17.6 Å². The van der Waals surface area contributed by atoms with Crippen LogP contribution in [-0.4, -0.2) is 31.8 Å². The van der Waals surface area contributed by atoms with Crippen molar-refractivity contribution in [2.75, 3.05) is 19.8 Å². The molecule has 0 amide bonds. The number of rotatable bonds is 7. The van der Waals surface area contributed by atoms with Crippen LogP contribution in [0, 0.1) is 17.6 Å². The molecule has 31 heavy (non-hydrogen) atoms. The van der Waals surface area contributed by atoms with E-state index >= 15 is 0 Å². The quantitative estimate of drug-likeness (QED) is 0.350. The van der Waals surface area contributed by atoms with Crippen molar-refractivity contribution in [3.63, 3.8) is 0 Å². The predicted molar refractivity (Wildman–Crippen MR) is 107 cm³/mol. The summed E-state index contributed by atoms with van der Waals surface area (Å²) in [5.74, 6) is -6.57.